The standard InChI is InChI=1S/C24H40N4O/c1-5-25-24(28-11-10-21(16-28)18-29-4)26-13-22-8-6-7-9-23(22)17-27-14-19(2)12-20(3)15-27/h6-9,19-21H,5,10-18H2,1-4H3,(H,25,26). The Morgan fingerprint density at radius 1 is 1.14 bits per heavy atom. The zero-order valence-electron chi connectivity index (χ0n) is 18.9. The van der Waals surface area contributed by atoms with E-state index < -0.39 is 0 Å². The molecule has 2 saturated heterocycles. The van der Waals surface area contributed by atoms with Gasteiger partial charge in [-0.3, -0.25) is 4.90 Å². The van der Waals surface area contributed by atoms with Gasteiger partial charge in [-0.15, -0.1) is 0 Å². The van der Waals surface area contributed by atoms with Crippen molar-refractivity contribution in [3.05, 3.63) is 35.4 Å². The molecule has 2 aliphatic rings. The molecule has 2 aliphatic heterocycles. The van der Waals surface area contributed by atoms with Crippen LogP contribution < -0.4 is 5.32 Å². The van der Waals surface area contributed by atoms with Crippen LogP contribution in [-0.4, -0.2) is 62.2 Å². The smallest absolute Gasteiger partial charge is 0.194 e. The van der Waals surface area contributed by atoms with Crippen LogP contribution in [-0.2, 0) is 17.8 Å². The van der Waals surface area contributed by atoms with E-state index >= 15 is 0 Å². The first-order valence-electron chi connectivity index (χ1n) is 11.4. The lowest BCUT2D eigenvalue weighted by atomic mass is 9.91. The van der Waals surface area contributed by atoms with Gasteiger partial charge < -0.3 is 15.0 Å². The topological polar surface area (TPSA) is 40.1 Å². The second-order valence-corrected chi connectivity index (χ2v) is 9.14. The highest BCUT2D eigenvalue weighted by molar-refractivity contribution is 5.80. The number of aliphatic imine (C=N–C) groups is 1. The second kappa shape index (κ2) is 11.0. The van der Waals surface area contributed by atoms with Crippen molar-refractivity contribution in [3.8, 4) is 0 Å². The molecule has 1 aromatic carbocycles. The number of rotatable bonds is 7. The van der Waals surface area contributed by atoms with Crippen molar-refractivity contribution in [1.29, 1.82) is 0 Å². The normalized spacial score (nSPS) is 26.1. The first kappa shape index (κ1) is 22.1. The Morgan fingerprint density at radius 3 is 2.55 bits per heavy atom. The summed E-state index contributed by atoms with van der Waals surface area (Å²) in [6, 6.07) is 8.84. The zero-order valence-corrected chi connectivity index (χ0v) is 18.9. The number of piperidine rings is 1. The summed E-state index contributed by atoms with van der Waals surface area (Å²) < 4.78 is 5.35. The predicted octanol–water partition coefficient (Wildman–Crippen LogP) is 3.60. The third-order valence-corrected chi connectivity index (χ3v) is 6.18. The van der Waals surface area contributed by atoms with E-state index in [1.807, 2.05) is 0 Å². The second-order valence-electron chi connectivity index (χ2n) is 9.14. The maximum atomic E-state index is 5.35. The lowest BCUT2D eigenvalue weighted by Crippen LogP contribution is -2.40. The summed E-state index contributed by atoms with van der Waals surface area (Å²) in [5.74, 6) is 3.24. The predicted molar refractivity (Wildman–Crippen MR) is 121 cm³/mol. The average molecular weight is 401 g/mol. The summed E-state index contributed by atoms with van der Waals surface area (Å²) in [6.07, 6.45) is 2.54. The molecular formula is C24H40N4O. The Bertz CT molecular complexity index is 652. The number of hydrogen-bond acceptors (Lipinski definition) is 3. The van der Waals surface area contributed by atoms with Crippen LogP contribution in [0, 0.1) is 17.8 Å². The number of nitrogens with zero attached hydrogens (tertiary/aromatic N) is 3. The van der Waals surface area contributed by atoms with Gasteiger partial charge in [0.15, 0.2) is 5.96 Å². The maximum Gasteiger partial charge on any atom is 0.194 e. The van der Waals surface area contributed by atoms with Crippen LogP contribution in [0.3, 0.4) is 0 Å². The van der Waals surface area contributed by atoms with Crippen molar-refractivity contribution < 1.29 is 4.74 Å². The molecule has 3 atom stereocenters. The largest absolute Gasteiger partial charge is 0.384 e. The molecule has 1 N–H and O–H groups in total. The number of guanidine groups is 1. The maximum absolute atomic E-state index is 5.35. The first-order chi connectivity index (χ1) is 14.1. The highest BCUT2D eigenvalue weighted by atomic mass is 16.5. The Balaban J connectivity index is 1.67. The minimum atomic E-state index is 0.610. The molecule has 1 aromatic rings. The molecule has 0 saturated carbocycles. The van der Waals surface area contributed by atoms with Gasteiger partial charge in [0, 0.05) is 52.3 Å². The molecule has 0 aromatic heterocycles. The molecule has 29 heavy (non-hydrogen) atoms. The van der Waals surface area contributed by atoms with Gasteiger partial charge in [-0.2, -0.15) is 0 Å². The molecule has 0 spiro atoms. The molecule has 0 bridgehead atoms. The summed E-state index contributed by atoms with van der Waals surface area (Å²) in [5.41, 5.74) is 2.77. The van der Waals surface area contributed by atoms with Crippen LogP contribution in [0.5, 0.6) is 0 Å². The Kier molecular flexibility index (Phi) is 8.37. The lowest BCUT2D eigenvalue weighted by molar-refractivity contribution is 0.134. The van der Waals surface area contributed by atoms with Crippen LogP contribution in [0.4, 0.5) is 0 Å². The molecule has 5 nitrogen and oxygen atoms in total. The van der Waals surface area contributed by atoms with Gasteiger partial charge in [0.25, 0.3) is 0 Å². The Labute approximate surface area is 177 Å². The quantitative estimate of drug-likeness (QED) is 0.561. The summed E-state index contributed by atoms with van der Waals surface area (Å²) in [7, 11) is 1.79. The summed E-state index contributed by atoms with van der Waals surface area (Å²) >= 11 is 0. The van der Waals surface area contributed by atoms with Crippen molar-refractivity contribution >= 4 is 5.96 Å². The van der Waals surface area contributed by atoms with Crippen molar-refractivity contribution in [2.45, 2.75) is 46.7 Å². The van der Waals surface area contributed by atoms with Gasteiger partial charge in [0.05, 0.1) is 13.2 Å². The fraction of sp³-hybridized carbons (Fsp3) is 0.708. The molecular weight excluding hydrogens is 360 g/mol. The third kappa shape index (κ3) is 6.45. The summed E-state index contributed by atoms with van der Waals surface area (Å²) in [5, 5.41) is 3.49. The Morgan fingerprint density at radius 2 is 1.86 bits per heavy atom. The van der Waals surface area contributed by atoms with Gasteiger partial charge in [-0.05, 0) is 42.7 Å². The van der Waals surface area contributed by atoms with E-state index in [1.54, 1.807) is 7.11 Å². The highest BCUT2D eigenvalue weighted by Gasteiger charge is 2.25. The van der Waals surface area contributed by atoms with E-state index in [0.29, 0.717) is 5.92 Å². The molecule has 2 fully saturated rings. The molecule has 5 heteroatoms. The van der Waals surface area contributed by atoms with Gasteiger partial charge in [0.2, 0.25) is 0 Å². The van der Waals surface area contributed by atoms with Crippen LogP contribution in [0.2, 0.25) is 0 Å². The number of hydrogen-bond donors (Lipinski definition) is 1. The van der Waals surface area contributed by atoms with Crippen LogP contribution in [0.1, 0.15) is 44.7 Å². The zero-order chi connectivity index (χ0) is 20.6. The van der Waals surface area contributed by atoms with Crippen LogP contribution in [0.25, 0.3) is 0 Å². The van der Waals surface area contributed by atoms with Crippen LogP contribution >= 0.6 is 0 Å². The SMILES string of the molecule is CCNC(=NCc1ccccc1CN1CC(C)CC(C)C1)N1CCC(COC)C1. The number of nitrogens with one attached hydrogen (secondary N) is 1. The molecule has 2 heterocycles. The fourth-order valence-electron chi connectivity index (χ4n) is 5.01. The number of benzene rings is 1. The summed E-state index contributed by atoms with van der Waals surface area (Å²) in [6.45, 7) is 14.9. The van der Waals surface area contributed by atoms with Gasteiger partial charge in [0.1, 0.15) is 0 Å². The summed E-state index contributed by atoms with van der Waals surface area (Å²) in [4.78, 5) is 10.0. The first-order valence-corrected chi connectivity index (χ1v) is 11.4. The van der Waals surface area contributed by atoms with Crippen molar-refractivity contribution in [3.63, 3.8) is 0 Å². The van der Waals surface area contributed by atoms with Crippen molar-refractivity contribution in [2.75, 3.05) is 46.4 Å². The van der Waals surface area contributed by atoms with Crippen LogP contribution in [0.15, 0.2) is 29.3 Å². The number of methoxy groups -OCH3 is 1. The van der Waals surface area contributed by atoms with E-state index in [-0.39, 0.29) is 0 Å². The van der Waals surface area contributed by atoms with E-state index in [9.17, 15) is 0 Å². The monoisotopic (exact) mass is 400 g/mol. The van der Waals surface area contributed by atoms with Crippen molar-refractivity contribution in [1.82, 2.24) is 15.1 Å². The number of likely N-dealkylation sites (tertiary alicyclic amines) is 2. The number of ether oxygens (including phenoxy) is 1. The van der Waals surface area contributed by atoms with E-state index in [4.69, 9.17) is 9.73 Å². The molecule has 0 radical (unpaired) electrons. The van der Waals surface area contributed by atoms with Gasteiger partial charge in [-0.1, -0.05) is 38.1 Å². The lowest BCUT2D eigenvalue weighted by Gasteiger charge is -2.35. The van der Waals surface area contributed by atoms with E-state index in [2.05, 4.69) is 60.2 Å². The Hall–Kier alpha value is -1.59. The third-order valence-electron chi connectivity index (χ3n) is 6.18. The minimum Gasteiger partial charge on any atom is -0.384 e. The minimum absolute atomic E-state index is 0.610. The van der Waals surface area contributed by atoms with E-state index in [0.717, 1.165) is 57.1 Å². The fourth-order valence-corrected chi connectivity index (χ4v) is 5.01. The average Bonchev–Trinajstić information content (AvgIpc) is 3.14. The molecule has 0 aliphatic carbocycles. The molecule has 162 valence electrons. The molecule has 3 unspecified atom stereocenters. The van der Waals surface area contributed by atoms with Crippen molar-refractivity contribution in [2.24, 2.45) is 22.7 Å². The van der Waals surface area contributed by atoms with Gasteiger partial charge in [-0.25, -0.2) is 4.99 Å². The molecule has 0 amide bonds. The van der Waals surface area contributed by atoms with Gasteiger partial charge >= 0.3 is 0 Å². The molecule has 3 rings (SSSR count). The van der Waals surface area contributed by atoms with E-state index in [1.165, 1.54) is 37.1 Å². The highest BCUT2D eigenvalue weighted by Crippen LogP contribution is 2.24.